The Kier molecular flexibility index (Phi) is 3.56. The van der Waals surface area contributed by atoms with Crippen molar-refractivity contribution in [3.05, 3.63) is 17.5 Å². The maximum atomic E-state index is 9.08. The van der Waals surface area contributed by atoms with Crippen LogP contribution < -0.4 is 4.90 Å². The first kappa shape index (κ1) is 9.55. The Morgan fingerprint density at radius 2 is 2.42 bits per heavy atom. The van der Waals surface area contributed by atoms with Crippen LogP contribution in [-0.4, -0.2) is 24.8 Å². The molecule has 0 aliphatic rings. The van der Waals surface area contributed by atoms with Crippen molar-refractivity contribution in [2.24, 2.45) is 0 Å². The highest BCUT2D eigenvalue weighted by Crippen LogP contribution is 2.19. The number of hydrogen-bond acceptors (Lipinski definition) is 3. The monoisotopic (exact) mass is 185 g/mol. The van der Waals surface area contributed by atoms with E-state index in [0.29, 0.717) is 0 Å². The van der Waals surface area contributed by atoms with Crippen molar-refractivity contribution in [2.75, 3.05) is 18.5 Å². The number of thiophene rings is 1. The van der Waals surface area contributed by atoms with Gasteiger partial charge >= 0.3 is 0 Å². The maximum Gasteiger partial charge on any atom is 0.0905 e. The minimum atomic E-state index is -0.201. The molecule has 0 fully saturated rings. The molecular weight excluding hydrogens is 170 g/mol. The van der Waals surface area contributed by atoms with Crippen molar-refractivity contribution in [1.82, 2.24) is 0 Å². The lowest BCUT2D eigenvalue weighted by Crippen LogP contribution is -2.20. The molecular formula is C9H15NOS. The molecule has 0 saturated heterocycles. The minimum Gasteiger partial charge on any atom is -0.393 e. The van der Waals surface area contributed by atoms with Gasteiger partial charge in [-0.25, -0.2) is 0 Å². The molecule has 0 aliphatic carbocycles. The molecule has 0 amide bonds. The van der Waals surface area contributed by atoms with Gasteiger partial charge in [-0.1, -0.05) is 0 Å². The summed E-state index contributed by atoms with van der Waals surface area (Å²) in [7, 11) is 2.05. The SMILES string of the molecule is CC(O)CCN(C)c1cccs1. The zero-order valence-electron chi connectivity index (χ0n) is 7.53. The van der Waals surface area contributed by atoms with E-state index in [1.807, 2.05) is 20.0 Å². The molecule has 0 aliphatic heterocycles. The van der Waals surface area contributed by atoms with Crippen LogP contribution in [0, 0.1) is 0 Å². The molecule has 1 aromatic heterocycles. The van der Waals surface area contributed by atoms with Crippen LogP contribution >= 0.6 is 11.3 Å². The number of rotatable bonds is 4. The molecule has 0 spiro atoms. The number of aliphatic hydroxyl groups is 1. The normalized spacial score (nSPS) is 12.9. The van der Waals surface area contributed by atoms with E-state index in [4.69, 9.17) is 5.11 Å². The molecule has 12 heavy (non-hydrogen) atoms. The highest BCUT2D eigenvalue weighted by Gasteiger charge is 2.02. The molecule has 1 N–H and O–H groups in total. The lowest BCUT2D eigenvalue weighted by molar-refractivity contribution is 0.187. The Labute approximate surface area is 77.5 Å². The smallest absolute Gasteiger partial charge is 0.0905 e. The van der Waals surface area contributed by atoms with Gasteiger partial charge in [0.05, 0.1) is 11.1 Å². The Balaban J connectivity index is 2.34. The number of aliphatic hydroxyl groups excluding tert-OH is 1. The van der Waals surface area contributed by atoms with Crippen molar-refractivity contribution in [2.45, 2.75) is 19.4 Å². The van der Waals surface area contributed by atoms with Crippen LogP contribution in [0.5, 0.6) is 0 Å². The van der Waals surface area contributed by atoms with Crippen molar-refractivity contribution >= 4 is 16.3 Å². The lowest BCUT2D eigenvalue weighted by Gasteiger charge is -2.17. The Morgan fingerprint density at radius 3 is 2.92 bits per heavy atom. The summed E-state index contributed by atoms with van der Waals surface area (Å²) in [4.78, 5) is 2.16. The first-order chi connectivity index (χ1) is 5.70. The Hall–Kier alpha value is -0.540. The topological polar surface area (TPSA) is 23.5 Å². The van der Waals surface area contributed by atoms with Gasteiger partial charge in [0.1, 0.15) is 0 Å². The summed E-state index contributed by atoms with van der Waals surface area (Å²) in [5, 5.41) is 12.4. The molecule has 0 bridgehead atoms. The Bertz CT molecular complexity index is 208. The third kappa shape index (κ3) is 2.83. The van der Waals surface area contributed by atoms with E-state index in [1.54, 1.807) is 11.3 Å². The Morgan fingerprint density at radius 1 is 1.67 bits per heavy atom. The van der Waals surface area contributed by atoms with E-state index < -0.39 is 0 Å². The third-order valence-electron chi connectivity index (χ3n) is 1.76. The van der Waals surface area contributed by atoms with Crippen molar-refractivity contribution in [3.8, 4) is 0 Å². The zero-order valence-corrected chi connectivity index (χ0v) is 8.34. The lowest BCUT2D eigenvalue weighted by atomic mass is 10.3. The van der Waals surface area contributed by atoms with E-state index >= 15 is 0 Å². The second-order valence-corrected chi connectivity index (χ2v) is 3.94. The van der Waals surface area contributed by atoms with E-state index in [2.05, 4.69) is 16.3 Å². The van der Waals surface area contributed by atoms with Gasteiger partial charge < -0.3 is 10.0 Å². The van der Waals surface area contributed by atoms with Crippen LogP contribution in [0.25, 0.3) is 0 Å². The van der Waals surface area contributed by atoms with Crippen LogP contribution in [0.15, 0.2) is 17.5 Å². The van der Waals surface area contributed by atoms with Crippen molar-refractivity contribution in [1.29, 1.82) is 0 Å². The number of nitrogens with zero attached hydrogens (tertiary/aromatic N) is 1. The van der Waals surface area contributed by atoms with Crippen LogP contribution in [0.1, 0.15) is 13.3 Å². The largest absolute Gasteiger partial charge is 0.393 e. The summed E-state index contributed by atoms with van der Waals surface area (Å²) in [6, 6.07) is 4.13. The fourth-order valence-corrected chi connectivity index (χ4v) is 1.70. The van der Waals surface area contributed by atoms with Gasteiger partial charge in [0.15, 0.2) is 0 Å². The van der Waals surface area contributed by atoms with E-state index in [0.717, 1.165) is 13.0 Å². The average Bonchev–Trinajstić information content (AvgIpc) is 2.51. The maximum absolute atomic E-state index is 9.08. The van der Waals surface area contributed by atoms with E-state index in [9.17, 15) is 0 Å². The summed E-state index contributed by atoms with van der Waals surface area (Å²) >= 11 is 1.73. The molecule has 1 unspecified atom stereocenters. The minimum absolute atomic E-state index is 0.201. The van der Waals surface area contributed by atoms with E-state index in [-0.39, 0.29) is 6.10 Å². The summed E-state index contributed by atoms with van der Waals surface area (Å²) in [5.74, 6) is 0. The van der Waals surface area contributed by atoms with E-state index in [1.165, 1.54) is 5.00 Å². The molecule has 0 radical (unpaired) electrons. The van der Waals surface area contributed by atoms with Gasteiger partial charge in [0, 0.05) is 13.6 Å². The fraction of sp³-hybridized carbons (Fsp3) is 0.556. The molecule has 1 heterocycles. The molecule has 0 saturated carbocycles. The van der Waals surface area contributed by atoms with Crippen LogP contribution in [0.3, 0.4) is 0 Å². The quantitative estimate of drug-likeness (QED) is 0.775. The summed E-state index contributed by atoms with van der Waals surface area (Å²) in [6.45, 7) is 2.74. The molecule has 68 valence electrons. The van der Waals surface area contributed by atoms with Gasteiger partial charge in [-0.2, -0.15) is 0 Å². The molecule has 1 rings (SSSR count). The molecule has 1 aromatic rings. The second-order valence-electron chi connectivity index (χ2n) is 3.01. The zero-order chi connectivity index (χ0) is 8.97. The number of anilines is 1. The second kappa shape index (κ2) is 4.48. The fourth-order valence-electron chi connectivity index (χ4n) is 0.978. The molecule has 2 nitrogen and oxygen atoms in total. The summed E-state index contributed by atoms with van der Waals surface area (Å²) in [5.41, 5.74) is 0. The predicted octanol–water partition coefficient (Wildman–Crippen LogP) is 1.96. The van der Waals surface area contributed by atoms with Crippen molar-refractivity contribution in [3.63, 3.8) is 0 Å². The first-order valence-electron chi connectivity index (χ1n) is 4.13. The van der Waals surface area contributed by atoms with Crippen LogP contribution in [0.4, 0.5) is 5.00 Å². The molecule has 3 heteroatoms. The number of hydrogen-bond donors (Lipinski definition) is 1. The van der Waals surface area contributed by atoms with Gasteiger partial charge in [-0.15, -0.1) is 11.3 Å². The standard InChI is InChI=1S/C9H15NOS/c1-8(11)5-6-10(2)9-4-3-7-12-9/h3-4,7-8,11H,5-6H2,1-2H3. The highest BCUT2D eigenvalue weighted by molar-refractivity contribution is 7.14. The first-order valence-corrected chi connectivity index (χ1v) is 5.01. The average molecular weight is 185 g/mol. The van der Waals surface area contributed by atoms with Gasteiger partial charge in [0.25, 0.3) is 0 Å². The third-order valence-corrected chi connectivity index (χ3v) is 2.75. The summed E-state index contributed by atoms with van der Waals surface area (Å²) in [6.07, 6.45) is 0.626. The predicted molar refractivity (Wildman–Crippen MR) is 53.9 cm³/mol. The van der Waals surface area contributed by atoms with Crippen molar-refractivity contribution < 1.29 is 5.11 Å². The van der Waals surface area contributed by atoms with Gasteiger partial charge in [-0.3, -0.25) is 0 Å². The summed E-state index contributed by atoms with van der Waals surface area (Å²) < 4.78 is 0. The molecule has 0 aromatic carbocycles. The van der Waals surface area contributed by atoms with Gasteiger partial charge in [0.2, 0.25) is 0 Å². The molecule has 1 atom stereocenters. The van der Waals surface area contributed by atoms with Crippen LogP contribution in [0.2, 0.25) is 0 Å². The highest BCUT2D eigenvalue weighted by atomic mass is 32.1. The van der Waals surface area contributed by atoms with Gasteiger partial charge in [-0.05, 0) is 30.9 Å². The van der Waals surface area contributed by atoms with Crippen LogP contribution in [-0.2, 0) is 0 Å².